The van der Waals surface area contributed by atoms with Crippen LogP contribution in [-0.4, -0.2) is 18.0 Å². The van der Waals surface area contributed by atoms with E-state index in [-0.39, 0.29) is 17.8 Å². The second-order valence-corrected chi connectivity index (χ2v) is 5.42. The topological polar surface area (TPSA) is 82.0 Å². The number of halogens is 3. The van der Waals surface area contributed by atoms with Crippen molar-refractivity contribution in [1.29, 1.82) is 5.26 Å². The molecule has 2 amide bonds. The Morgan fingerprint density at radius 3 is 2.41 bits per heavy atom. The van der Waals surface area contributed by atoms with Crippen LogP contribution in [-0.2, 0) is 16.1 Å². The molecule has 0 saturated carbocycles. The zero-order valence-corrected chi connectivity index (χ0v) is 13.9. The van der Waals surface area contributed by atoms with Gasteiger partial charge in [-0.15, -0.1) is 0 Å². The molecule has 0 fully saturated rings. The Hall–Kier alpha value is -3.60. The first kappa shape index (κ1) is 19.7. The largest absolute Gasteiger partial charge is 0.471 e. The number of nitrogens with one attached hydrogen (secondary N) is 2. The molecule has 0 aromatic heterocycles. The maximum atomic E-state index is 12.3. The summed E-state index contributed by atoms with van der Waals surface area (Å²) in [6, 6.07) is 16.2. The van der Waals surface area contributed by atoms with Crippen molar-refractivity contribution in [1.82, 2.24) is 5.32 Å². The molecule has 0 saturated heterocycles. The summed E-state index contributed by atoms with van der Waals surface area (Å²) in [5, 5.41) is 13.5. The third-order valence-electron chi connectivity index (χ3n) is 3.37. The van der Waals surface area contributed by atoms with Crippen molar-refractivity contribution in [3.63, 3.8) is 0 Å². The number of carbonyl (C=O) groups is 2. The van der Waals surface area contributed by atoms with E-state index >= 15 is 0 Å². The van der Waals surface area contributed by atoms with E-state index in [2.05, 4.69) is 5.32 Å². The minimum atomic E-state index is -5.01. The van der Waals surface area contributed by atoms with E-state index in [1.54, 1.807) is 11.4 Å². The molecule has 0 aliphatic rings. The van der Waals surface area contributed by atoms with Crippen molar-refractivity contribution in [3.8, 4) is 6.07 Å². The molecule has 0 bridgehead atoms. The highest BCUT2D eigenvalue weighted by Crippen LogP contribution is 2.19. The molecule has 0 unspecified atom stereocenters. The van der Waals surface area contributed by atoms with Crippen LogP contribution in [0.15, 0.2) is 60.2 Å². The highest BCUT2D eigenvalue weighted by atomic mass is 19.4. The van der Waals surface area contributed by atoms with Gasteiger partial charge in [0.15, 0.2) is 0 Å². The third kappa shape index (κ3) is 6.01. The number of carbonyl (C=O) groups excluding carboxylic acids is 2. The fourth-order valence-electron chi connectivity index (χ4n) is 2.10. The number of hydrogen-bond acceptors (Lipinski definition) is 3. The van der Waals surface area contributed by atoms with E-state index in [0.717, 1.165) is 5.56 Å². The predicted octanol–water partition coefficient (Wildman–Crippen LogP) is 3.41. The summed E-state index contributed by atoms with van der Waals surface area (Å²) in [6.07, 6.45) is -3.79. The first-order valence-corrected chi connectivity index (χ1v) is 7.72. The van der Waals surface area contributed by atoms with E-state index < -0.39 is 18.0 Å². The summed E-state index contributed by atoms with van der Waals surface area (Å²) in [5.41, 5.74) is 0.819. The van der Waals surface area contributed by atoms with Gasteiger partial charge in [-0.2, -0.15) is 18.4 Å². The monoisotopic (exact) mass is 373 g/mol. The van der Waals surface area contributed by atoms with Crippen molar-refractivity contribution in [2.24, 2.45) is 0 Å². The summed E-state index contributed by atoms with van der Waals surface area (Å²) in [7, 11) is 0. The number of anilines is 1. The van der Waals surface area contributed by atoms with E-state index in [1.807, 2.05) is 30.3 Å². The normalized spacial score (nSPS) is 11.4. The van der Waals surface area contributed by atoms with Gasteiger partial charge in [0.2, 0.25) is 0 Å². The molecular weight excluding hydrogens is 359 g/mol. The fraction of sp³-hybridized carbons (Fsp3) is 0.105. The molecule has 2 rings (SSSR count). The number of rotatable bonds is 5. The highest BCUT2D eigenvalue weighted by Gasteiger charge is 2.38. The molecule has 5 nitrogen and oxygen atoms in total. The van der Waals surface area contributed by atoms with Crippen molar-refractivity contribution in [2.45, 2.75) is 12.7 Å². The summed E-state index contributed by atoms with van der Waals surface area (Å²) in [6.45, 7) is 0.223. The first-order chi connectivity index (χ1) is 12.8. The lowest BCUT2D eigenvalue weighted by atomic mass is 10.1. The molecule has 138 valence electrons. The maximum absolute atomic E-state index is 12.3. The van der Waals surface area contributed by atoms with Gasteiger partial charge >= 0.3 is 12.1 Å². The summed E-state index contributed by atoms with van der Waals surface area (Å²) in [4.78, 5) is 23.1. The van der Waals surface area contributed by atoms with Crippen molar-refractivity contribution in [3.05, 3.63) is 71.3 Å². The minimum Gasteiger partial charge on any atom is -0.347 e. The standard InChI is InChI=1S/C19H14F3N3O2/c20-19(21,22)18(27)25-16-8-4-7-14(10-16)9-15(11-23)17(26)24-12-13-5-2-1-3-6-13/h1-10H,12H2,(H,24,26)(H,25,27)/b15-9+. The van der Waals surface area contributed by atoms with E-state index in [0.29, 0.717) is 5.56 Å². The second-order valence-electron chi connectivity index (χ2n) is 5.42. The average molecular weight is 373 g/mol. The molecule has 2 aromatic carbocycles. The van der Waals surface area contributed by atoms with Gasteiger partial charge in [0.1, 0.15) is 11.6 Å². The van der Waals surface area contributed by atoms with Crippen LogP contribution >= 0.6 is 0 Å². The fourth-order valence-corrected chi connectivity index (χ4v) is 2.10. The number of hydrogen-bond donors (Lipinski definition) is 2. The van der Waals surface area contributed by atoms with Gasteiger partial charge in [-0.3, -0.25) is 9.59 Å². The molecule has 27 heavy (non-hydrogen) atoms. The third-order valence-corrected chi connectivity index (χ3v) is 3.37. The Labute approximate surface area is 153 Å². The summed E-state index contributed by atoms with van der Waals surface area (Å²) >= 11 is 0. The van der Waals surface area contributed by atoms with Crippen molar-refractivity contribution < 1.29 is 22.8 Å². The lowest BCUT2D eigenvalue weighted by Crippen LogP contribution is -2.29. The summed E-state index contributed by atoms with van der Waals surface area (Å²) < 4.78 is 36.9. The molecule has 0 heterocycles. The molecule has 2 aromatic rings. The molecule has 0 spiro atoms. The smallest absolute Gasteiger partial charge is 0.347 e. The molecule has 8 heteroatoms. The molecule has 0 atom stereocenters. The van der Waals surface area contributed by atoms with Gasteiger partial charge < -0.3 is 10.6 Å². The van der Waals surface area contributed by atoms with Crippen LogP contribution in [0.25, 0.3) is 6.08 Å². The first-order valence-electron chi connectivity index (χ1n) is 7.72. The van der Waals surface area contributed by atoms with Crippen LogP contribution < -0.4 is 10.6 Å². The average Bonchev–Trinajstić information content (AvgIpc) is 2.64. The minimum absolute atomic E-state index is 0.104. The van der Waals surface area contributed by atoms with Crippen LogP contribution in [0.3, 0.4) is 0 Å². The van der Waals surface area contributed by atoms with Gasteiger partial charge in [0.25, 0.3) is 5.91 Å². The Kier molecular flexibility index (Phi) is 6.33. The number of benzene rings is 2. The maximum Gasteiger partial charge on any atom is 0.471 e. The molecule has 0 aliphatic carbocycles. The van der Waals surface area contributed by atoms with Crippen LogP contribution in [0.2, 0.25) is 0 Å². The van der Waals surface area contributed by atoms with E-state index in [9.17, 15) is 28.0 Å². The van der Waals surface area contributed by atoms with Crippen LogP contribution in [0.1, 0.15) is 11.1 Å². The van der Waals surface area contributed by atoms with Gasteiger partial charge in [-0.05, 0) is 29.3 Å². The Morgan fingerprint density at radius 2 is 1.78 bits per heavy atom. The van der Waals surface area contributed by atoms with Gasteiger partial charge in [-0.1, -0.05) is 42.5 Å². The van der Waals surface area contributed by atoms with Gasteiger partial charge in [0.05, 0.1) is 0 Å². The van der Waals surface area contributed by atoms with Crippen molar-refractivity contribution in [2.75, 3.05) is 5.32 Å². The number of alkyl halides is 3. The molecule has 2 N–H and O–H groups in total. The highest BCUT2D eigenvalue weighted by molar-refractivity contribution is 6.02. The van der Waals surface area contributed by atoms with E-state index in [1.165, 1.54) is 30.3 Å². The van der Waals surface area contributed by atoms with Crippen LogP contribution in [0.4, 0.5) is 18.9 Å². The van der Waals surface area contributed by atoms with Crippen LogP contribution in [0, 0.1) is 11.3 Å². The van der Waals surface area contributed by atoms with Crippen LogP contribution in [0.5, 0.6) is 0 Å². The zero-order valence-electron chi connectivity index (χ0n) is 13.9. The second kappa shape index (κ2) is 8.67. The van der Waals surface area contributed by atoms with Gasteiger partial charge in [0, 0.05) is 12.2 Å². The predicted molar refractivity (Wildman–Crippen MR) is 93.0 cm³/mol. The van der Waals surface area contributed by atoms with E-state index in [4.69, 9.17) is 0 Å². The number of nitrogens with zero attached hydrogens (tertiary/aromatic N) is 1. The SMILES string of the molecule is N#C/C(=C\c1cccc(NC(=O)C(F)(F)F)c1)C(=O)NCc1ccccc1. The molecular formula is C19H14F3N3O2. The quantitative estimate of drug-likeness (QED) is 0.622. The molecule has 0 aliphatic heterocycles. The van der Waals surface area contributed by atoms with Gasteiger partial charge in [-0.25, -0.2) is 0 Å². The summed E-state index contributed by atoms with van der Waals surface area (Å²) in [5.74, 6) is -2.73. The number of amides is 2. The zero-order chi connectivity index (χ0) is 19.9. The Balaban J connectivity index is 2.10. The number of nitriles is 1. The van der Waals surface area contributed by atoms with Crippen molar-refractivity contribution >= 4 is 23.6 Å². The molecule has 0 radical (unpaired) electrons. The Morgan fingerprint density at radius 1 is 1.07 bits per heavy atom. The Bertz CT molecular complexity index is 900. The lowest BCUT2D eigenvalue weighted by Gasteiger charge is -2.08. The lowest BCUT2D eigenvalue weighted by molar-refractivity contribution is -0.167.